The monoisotopic (exact) mass is 488 g/mol. The Balaban J connectivity index is 1.39. The van der Waals surface area contributed by atoms with Gasteiger partial charge in [-0.2, -0.15) is 5.10 Å². The molecule has 36 heavy (non-hydrogen) atoms. The van der Waals surface area contributed by atoms with Crippen LogP contribution in [0.2, 0.25) is 0 Å². The van der Waals surface area contributed by atoms with E-state index in [0.29, 0.717) is 23.4 Å². The van der Waals surface area contributed by atoms with Crippen LogP contribution in [0.25, 0.3) is 5.69 Å². The third-order valence-corrected chi connectivity index (χ3v) is 10.1. The number of carbonyl (C=O) groups excluding carboxylic acids is 2. The maximum atomic E-state index is 14.9. The number of para-hydroxylation sites is 1. The summed E-state index contributed by atoms with van der Waals surface area (Å²) in [6.45, 7) is 4.72. The lowest BCUT2D eigenvalue weighted by Crippen LogP contribution is -2.49. The summed E-state index contributed by atoms with van der Waals surface area (Å²) < 4.78 is 21.5. The van der Waals surface area contributed by atoms with Gasteiger partial charge >= 0.3 is 5.97 Å². The van der Waals surface area contributed by atoms with Gasteiger partial charge in [0, 0.05) is 17.0 Å². The fraction of sp³-hybridized carbons (Fsp3) is 0.500. The van der Waals surface area contributed by atoms with E-state index in [1.54, 1.807) is 29.0 Å². The molecule has 1 aromatic heterocycles. The number of hydrogen-bond donors (Lipinski definition) is 0. The predicted octanol–water partition coefficient (Wildman–Crippen LogP) is 6.19. The molecule has 188 valence electrons. The van der Waals surface area contributed by atoms with Crippen LogP contribution in [0.1, 0.15) is 74.5 Å². The maximum Gasteiger partial charge on any atom is 0.358 e. The Morgan fingerprint density at radius 2 is 1.94 bits per heavy atom. The van der Waals surface area contributed by atoms with Crippen LogP contribution in [0, 0.1) is 34.4 Å². The lowest BCUT2D eigenvalue weighted by atomic mass is 9.47. The highest BCUT2D eigenvalue weighted by Gasteiger charge is 2.59. The molecule has 0 amide bonds. The minimum Gasteiger partial charge on any atom is -0.464 e. The summed E-state index contributed by atoms with van der Waals surface area (Å²) in [5, 5.41) is 4.53. The molecule has 4 aliphatic rings. The molecule has 0 saturated heterocycles. The number of benzene rings is 1. The van der Waals surface area contributed by atoms with Crippen molar-refractivity contribution in [2.45, 2.75) is 58.3 Å². The first kappa shape index (κ1) is 23.4. The molecule has 1 heterocycles. The highest BCUT2D eigenvalue weighted by molar-refractivity contribution is 6.01. The third kappa shape index (κ3) is 3.29. The molecule has 5 nitrogen and oxygen atoms in total. The van der Waals surface area contributed by atoms with Gasteiger partial charge in [-0.1, -0.05) is 37.6 Å². The van der Waals surface area contributed by atoms with Crippen LogP contribution in [-0.4, -0.2) is 28.6 Å². The second-order valence-corrected chi connectivity index (χ2v) is 11.6. The molecule has 0 spiro atoms. The summed E-state index contributed by atoms with van der Waals surface area (Å²) in [6, 6.07) is 8.42. The molecule has 3 fully saturated rings. The number of ether oxygens (including phenoxy) is 1. The van der Waals surface area contributed by atoms with Crippen LogP contribution < -0.4 is 0 Å². The minimum atomic E-state index is -0.507. The molecule has 4 aliphatic carbocycles. The molecule has 6 heteroatoms. The molecule has 1 aromatic carbocycles. The Kier molecular flexibility index (Phi) is 5.36. The van der Waals surface area contributed by atoms with Gasteiger partial charge in [-0.05, 0) is 92.0 Å². The van der Waals surface area contributed by atoms with E-state index in [4.69, 9.17) is 4.74 Å². The average molecular weight is 489 g/mol. The lowest BCUT2D eigenvalue weighted by Gasteiger charge is -2.57. The number of carbonyl (C=O) groups is 2. The molecule has 0 bridgehead atoms. The average Bonchev–Trinajstić information content (AvgIpc) is 3.45. The quantitative estimate of drug-likeness (QED) is 0.484. The van der Waals surface area contributed by atoms with E-state index in [-0.39, 0.29) is 34.0 Å². The standard InChI is InChI=1S/C30H33FN2O3/c1-29-14-12-19(34)16-18(29)8-9-20-21-10-11-23(30(21,2)15-13-22(20)29)27-17-25(28(35)36-3)32-33(27)26-7-5-4-6-24(26)31/h4-7,12,14,16-17,20-23H,8-11,13,15H2,1-3H3/t20-,21-,22-,23+,29-,30-/m0/s1. The maximum absolute atomic E-state index is 14.9. The van der Waals surface area contributed by atoms with Gasteiger partial charge in [0.25, 0.3) is 0 Å². The molecule has 0 N–H and O–H groups in total. The molecule has 6 rings (SSSR count). The highest BCUT2D eigenvalue weighted by Crippen LogP contribution is 2.67. The number of esters is 1. The number of rotatable bonds is 3. The van der Waals surface area contributed by atoms with Crippen LogP contribution in [0.4, 0.5) is 4.39 Å². The van der Waals surface area contributed by atoms with Crippen LogP contribution in [-0.2, 0) is 9.53 Å². The molecule has 3 saturated carbocycles. The third-order valence-electron chi connectivity index (χ3n) is 10.1. The van der Waals surface area contributed by atoms with Crippen molar-refractivity contribution in [3.8, 4) is 5.69 Å². The van der Waals surface area contributed by atoms with E-state index in [9.17, 15) is 14.0 Å². The van der Waals surface area contributed by atoms with E-state index in [0.717, 1.165) is 44.2 Å². The van der Waals surface area contributed by atoms with Gasteiger partial charge in [0.05, 0.1) is 7.11 Å². The number of methoxy groups -OCH3 is 1. The van der Waals surface area contributed by atoms with Crippen LogP contribution >= 0.6 is 0 Å². The zero-order valence-electron chi connectivity index (χ0n) is 21.2. The molecule has 2 aromatic rings. The molecule has 0 unspecified atom stereocenters. The lowest BCUT2D eigenvalue weighted by molar-refractivity contribution is -0.111. The van der Waals surface area contributed by atoms with Gasteiger partial charge < -0.3 is 4.74 Å². The van der Waals surface area contributed by atoms with Crippen molar-refractivity contribution in [3.05, 3.63) is 71.3 Å². The summed E-state index contributed by atoms with van der Waals surface area (Å²) in [7, 11) is 1.35. The van der Waals surface area contributed by atoms with E-state index in [1.807, 2.05) is 12.1 Å². The number of ketones is 1. The van der Waals surface area contributed by atoms with Gasteiger partial charge in [0.15, 0.2) is 11.5 Å². The van der Waals surface area contributed by atoms with E-state index in [1.165, 1.54) is 18.7 Å². The summed E-state index contributed by atoms with van der Waals surface area (Å²) in [4.78, 5) is 24.5. The van der Waals surface area contributed by atoms with Crippen molar-refractivity contribution in [1.29, 1.82) is 0 Å². The minimum absolute atomic E-state index is 0.0311. The van der Waals surface area contributed by atoms with Gasteiger partial charge in [0.2, 0.25) is 0 Å². The molecular weight excluding hydrogens is 455 g/mol. The topological polar surface area (TPSA) is 61.2 Å². The molecular formula is C30H33FN2O3. The zero-order valence-corrected chi connectivity index (χ0v) is 21.2. The van der Waals surface area contributed by atoms with Crippen molar-refractivity contribution >= 4 is 11.8 Å². The number of fused-ring (bicyclic) bond motifs is 5. The Bertz CT molecular complexity index is 1310. The van der Waals surface area contributed by atoms with Crippen LogP contribution in [0.5, 0.6) is 0 Å². The summed E-state index contributed by atoms with van der Waals surface area (Å²) in [5.41, 5.74) is 2.77. The number of allylic oxidation sites excluding steroid dienone is 4. The number of nitrogens with zero attached hydrogens (tertiary/aromatic N) is 2. The zero-order chi connectivity index (χ0) is 25.2. The Morgan fingerprint density at radius 3 is 2.72 bits per heavy atom. The van der Waals surface area contributed by atoms with Crippen LogP contribution in [0.3, 0.4) is 0 Å². The van der Waals surface area contributed by atoms with Gasteiger partial charge in [-0.3, -0.25) is 4.79 Å². The van der Waals surface area contributed by atoms with Crippen molar-refractivity contribution in [1.82, 2.24) is 9.78 Å². The van der Waals surface area contributed by atoms with Crippen LogP contribution in [0.15, 0.2) is 54.1 Å². The first-order valence-electron chi connectivity index (χ1n) is 13.1. The van der Waals surface area contributed by atoms with Gasteiger partial charge in [-0.15, -0.1) is 0 Å². The van der Waals surface area contributed by atoms with Gasteiger partial charge in [-0.25, -0.2) is 13.9 Å². The van der Waals surface area contributed by atoms with E-state index >= 15 is 0 Å². The fourth-order valence-corrected chi connectivity index (χ4v) is 8.35. The van der Waals surface area contributed by atoms with Crippen molar-refractivity contribution in [2.75, 3.05) is 7.11 Å². The fourth-order valence-electron chi connectivity index (χ4n) is 8.35. The van der Waals surface area contributed by atoms with Crippen molar-refractivity contribution in [3.63, 3.8) is 0 Å². The summed E-state index contributed by atoms with van der Waals surface area (Å²) in [6.07, 6.45) is 12.1. The Morgan fingerprint density at radius 1 is 1.14 bits per heavy atom. The Hall–Kier alpha value is -3.02. The second kappa shape index (κ2) is 8.25. The molecule has 0 radical (unpaired) electrons. The van der Waals surface area contributed by atoms with Gasteiger partial charge in [0.1, 0.15) is 11.5 Å². The molecule has 0 aliphatic heterocycles. The molecule has 6 atom stereocenters. The number of hydrogen-bond acceptors (Lipinski definition) is 4. The first-order chi connectivity index (χ1) is 17.3. The van der Waals surface area contributed by atoms with Crippen molar-refractivity contribution < 1.29 is 18.7 Å². The number of aromatic nitrogens is 2. The summed E-state index contributed by atoms with van der Waals surface area (Å²) in [5.74, 6) is 1.07. The van der Waals surface area contributed by atoms with Crippen molar-refractivity contribution in [2.24, 2.45) is 28.6 Å². The van der Waals surface area contributed by atoms with E-state index in [2.05, 4.69) is 25.0 Å². The first-order valence-corrected chi connectivity index (χ1v) is 13.1. The number of halogens is 1. The smallest absolute Gasteiger partial charge is 0.358 e. The second-order valence-electron chi connectivity index (χ2n) is 11.6. The normalized spacial score (nSPS) is 35.0. The Labute approximate surface area is 211 Å². The highest BCUT2D eigenvalue weighted by atomic mass is 19.1. The summed E-state index contributed by atoms with van der Waals surface area (Å²) >= 11 is 0. The SMILES string of the molecule is COC(=O)c1cc([C@H]2CC[C@H]3[C@@H]4CCC5=CC(=O)C=C[C@]5(C)[C@H]4CC[C@]23C)n(-c2ccccc2F)n1. The predicted molar refractivity (Wildman–Crippen MR) is 134 cm³/mol. The van der Waals surface area contributed by atoms with E-state index < -0.39 is 5.97 Å². The largest absolute Gasteiger partial charge is 0.464 e.